The number of anilines is 1. The van der Waals surface area contributed by atoms with E-state index in [4.69, 9.17) is 0 Å². The van der Waals surface area contributed by atoms with Crippen molar-refractivity contribution >= 4 is 28.6 Å². The van der Waals surface area contributed by atoms with Gasteiger partial charge in [-0.3, -0.25) is 18.7 Å². The number of aromatic nitrogens is 2. The molecule has 1 saturated carbocycles. The molecule has 0 spiro atoms. The molecule has 140 valence electrons. The van der Waals surface area contributed by atoms with Crippen LogP contribution in [0.5, 0.6) is 0 Å². The lowest BCUT2D eigenvalue weighted by molar-refractivity contribution is -0.140. The van der Waals surface area contributed by atoms with Crippen LogP contribution in [0.4, 0.5) is 5.69 Å². The van der Waals surface area contributed by atoms with E-state index in [1.165, 1.54) is 4.57 Å². The van der Waals surface area contributed by atoms with Gasteiger partial charge < -0.3 is 10.4 Å². The van der Waals surface area contributed by atoms with Crippen molar-refractivity contribution in [3.63, 3.8) is 0 Å². The summed E-state index contributed by atoms with van der Waals surface area (Å²) in [6.45, 7) is 0. The van der Waals surface area contributed by atoms with E-state index in [1.54, 1.807) is 36.9 Å². The molecule has 1 amide bonds. The van der Waals surface area contributed by atoms with Gasteiger partial charge in [0.25, 0.3) is 0 Å². The van der Waals surface area contributed by atoms with E-state index in [9.17, 15) is 19.5 Å². The van der Waals surface area contributed by atoms with Gasteiger partial charge in [-0.2, -0.15) is 0 Å². The average molecular weight is 359 g/mol. The minimum atomic E-state index is -0.847. The summed E-state index contributed by atoms with van der Waals surface area (Å²) >= 11 is 0. The van der Waals surface area contributed by atoms with Crippen LogP contribution >= 0.6 is 0 Å². The fraction of sp³-hybridized carbons (Fsp3) is 0.526. The van der Waals surface area contributed by atoms with E-state index < -0.39 is 11.4 Å². The van der Waals surface area contributed by atoms with Crippen molar-refractivity contribution in [2.24, 2.45) is 19.5 Å². The second-order valence-corrected chi connectivity index (χ2v) is 7.46. The van der Waals surface area contributed by atoms with Crippen molar-refractivity contribution in [3.05, 3.63) is 28.7 Å². The van der Waals surface area contributed by atoms with Gasteiger partial charge in [0.05, 0.1) is 17.5 Å². The Morgan fingerprint density at radius 1 is 1.08 bits per heavy atom. The Balaban J connectivity index is 1.78. The van der Waals surface area contributed by atoms with E-state index >= 15 is 0 Å². The molecule has 1 heterocycles. The van der Waals surface area contributed by atoms with Crippen LogP contribution in [-0.4, -0.2) is 26.1 Å². The van der Waals surface area contributed by atoms with Gasteiger partial charge in [-0.15, -0.1) is 0 Å². The van der Waals surface area contributed by atoms with Crippen LogP contribution in [0.25, 0.3) is 11.0 Å². The van der Waals surface area contributed by atoms with Crippen LogP contribution in [0.2, 0.25) is 0 Å². The molecule has 1 aliphatic rings. The molecule has 2 N–H and O–H groups in total. The molecule has 1 fully saturated rings. The van der Waals surface area contributed by atoms with E-state index in [-0.39, 0.29) is 24.4 Å². The minimum Gasteiger partial charge on any atom is -0.481 e. The third-order valence-corrected chi connectivity index (χ3v) is 5.53. The van der Waals surface area contributed by atoms with Gasteiger partial charge in [-0.1, -0.05) is 19.3 Å². The number of aliphatic carboxylic acids is 1. The summed E-state index contributed by atoms with van der Waals surface area (Å²) in [6.07, 6.45) is 4.84. The second-order valence-electron chi connectivity index (χ2n) is 7.46. The Kier molecular flexibility index (Phi) is 4.89. The topological polar surface area (TPSA) is 93.3 Å². The molecule has 0 radical (unpaired) electrons. The molecule has 0 saturated heterocycles. The van der Waals surface area contributed by atoms with Crippen LogP contribution in [0.15, 0.2) is 23.0 Å². The highest BCUT2D eigenvalue weighted by atomic mass is 16.4. The number of nitrogens with zero attached hydrogens (tertiary/aromatic N) is 2. The van der Waals surface area contributed by atoms with Gasteiger partial charge in [0.15, 0.2) is 0 Å². The maximum absolute atomic E-state index is 12.6. The number of nitrogens with one attached hydrogen (secondary N) is 1. The standard InChI is InChI=1S/C19H25N3O4/c1-21-14-7-6-13(10-15(14)22(2)18(21)26)20-16(23)11-19(12-17(24)25)8-4-3-5-9-19/h6-7,10H,3-5,8-9,11-12H2,1-2H3,(H,20,23)(H,24,25). The summed E-state index contributed by atoms with van der Waals surface area (Å²) in [5.41, 5.74) is 1.59. The zero-order chi connectivity index (χ0) is 18.9. The summed E-state index contributed by atoms with van der Waals surface area (Å²) in [7, 11) is 3.40. The summed E-state index contributed by atoms with van der Waals surface area (Å²) in [4.78, 5) is 35.9. The molecule has 2 aromatic rings. The molecule has 1 aromatic carbocycles. The van der Waals surface area contributed by atoms with Gasteiger partial charge in [0, 0.05) is 26.2 Å². The first-order valence-electron chi connectivity index (χ1n) is 8.98. The number of carboxylic acid groups (broad SMARTS) is 1. The van der Waals surface area contributed by atoms with Crippen molar-refractivity contribution in [2.45, 2.75) is 44.9 Å². The summed E-state index contributed by atoms with van der Waals surface area (Å²) in [5.74, 6) is -1.02. The van der Waals surface area contributed by atoms with Crippen molar-refractivity contribution in [1.29, 1.82) is 0 Å². The molecular formula is C19H25N3O4. The highest BCUT2D eigenvalue weighted by Gasteiger charge is 2.36. The van der Waals surface area contributed by atoms with Gasteiger partial charge in [0.2, 0.25) is 5.91 Å². The number of carbonyl (C=O) groups is 2. The number of aryl methyl sites for hydroxylation is 2. The summed E-state index contributed by atoms with van der Waals surface area (Å²) < 4.78 is 3.10. The number of imidazole rings is 1. The highest BCUT2D eigenvalue weighted by Crippen LogP contribution is 2.42. The number of fused-ring (bicyclic) bond motifs is 1. The predicted molar refractivity (Wildman–Crippen MR) is 99.2 cm³/mol. The molecule has 26 heavy (non-hydrogen) atoms. The second kappa shape index (κ2) is 6.97. The fourth-order valence-electron chi connectivity index (χ4n) is 4.17. The SMILES string of the molecule is Cn1c(=O)n(C)c2cc(NC(=O)CC3(CC(=O)O)CCCCC3)ccc21. The summed E-state index contributed by atoms with van der Waals surface area (Å²) in [6, 6.07) is 5.35. The largest absolute Gasteiger partial charge is 0.481 e. The number of carbonyl (C=O) groups excluding carboxylic acids is 1. The van der Waals surface area contributed by atoms with Crippen LogP contribution in [0.3, 0.4) is 0 Å². The normalized spacial score (nSPS) is 16.5. The molecule has 3 rings (SSSR count). The molecule has 0 atom stereocenters. The number of amides is 1. The Bertz CT molecular complexity index is 903. The van der Waals surface area contributed by atoms with Crippen molar-refractivity contribution in [2.75, 3.05) is 5.32 Å². The van der Waals surface area contributed by atoms with E-state index in [2.05, 4.69) is 5.32 Å². The zero-order valence-corrected chi connectivity index (χ0v) is 15.2. The van der Waals surface area contributed by atoms with E-state index in [0.717, 1.165) is 43.1 Å². The van der Waals surface area contributed by atoms with Gasteiger partial charge >= 0.3 is 11.7 Å². The van der Waals surface area contributed by atoms with Crippen LogP contribution in [0.1, 0.15) is 44.9 Å². The molecule has 1 aromatic heterocycles. The number of hydrogen-bond acceptors (Lipinski definition) is 3. The van der Waals surface area contributed by atoms with Crippen LogP contribution in [0, 0.1) is 5.41 Å². The average Bonchev–Trinajstić information content (AvgIpc) is 2.79. The first-order valence-corrected chi connectivity index (χ1v) is 8.98. The van der Waals surface area contributed by atoms with Crippen LogP contribution in [-0.2, 0) is 23.7 Å². The molecule has 1 aliphatic carbocycles. The van der Waals surface area contributed by atoms with Crippen molar-refractivity contribution in [3.8, 4) is 0 Å². The lowest BCUT2D eigenvalue weighted by Crippen LogP contribution is -2.32. The first kappa shape index (κ1) is 18.2. The third-order valence-electron chi connectivity index (χ3n) is 5.53. The minimum absolute atomic E-state index is 0.0344. The highest BCUT2D eigenvalue weighted by molar-refractivity contribution is 5.93. The Morgan fingerprint density at radius 3 is 2.38 bits per heavy atom. The number of hydrogen-bond donors (Lipinski definition) is 2. The molecular weight excluding hydrogens is 334 g/mol. The molecule has 7 nitrogen and oxygen atoms in total. The number of carboxylic acids is 1. The quantitative estimate of drug-likeness (QED) is 0.858. The fourth-order valence-corrected chi connectivity index (χ4v) is 4.17. The molecule has 0 unspecified atom stereocenters. The summed E-state index contributed by atoms with van der Waals surface area (Å²) in [5, 5.41) is 12.1. The Morgan fingerprint density at radius 2 is 1.73 bits per heavy atom. The lowest BCUT2D eigenvalue weighted by Gasteiger charge is -2.35. The zero-order valence-electron chi connectivity index (χ0n) is 15.2. The predicted octanol–water partition coefficient (Wildman–Crippen LogP) is 2.63. The van der Waals surface area contributed by atoms with E-state index in [0.29, 0.717) is 5.69 Å². The first-order chi connectivity index (χ1) is 12.3. The molecule has 7 heteroatoms. The maximum atomic E-state index is 12.6. The Hall–Kier alpha value is -2.57. The Labute approximate surface area is 151 Å². The van der Waals surface area contributed by atoms with E-state index in [1.807, 2.05) is 0 Å². The van der Waals surface area contributed by atoms with Crippen molar-refractivity contribution in [1.82, 2.24) is 9.13 Å². The smallest absolute Gasteiger partial charge is 0.328 e. The van der Waals surface area contributed by atoms with Gasteiger partial charge in [-0.05, 0) is 36.5 Å². The van der Waals surface area contributed by atoms with Gasteiger partial charge in [0.1, 0.15) is 0 Å². The van der Waals surface area contributed by atoms with Crippen molar-refractivity contribution < 1.29 is 14.7 Å². The maximum Gasteiger partial charge on any atom is 0.328 e. The monoisotopic (exact) mass is 359 g/mol. The molecule has 0 aliphatic heterocycles. The number of rotatable bonds is 5. The third kappa shape index (κ3) is 3.52. The lowest BCUT2D eigenvalue weighted by atomic mass is 9.69. The van der Waals surface area contributed by atoms with Gasteiger partial charge in [-0.25, -0.2) is 4.79 Å². The number of benzene rings is 1. The van der Waals surface area contributed by atoms with Crippen LogP contribution < -0.4 is 11.0 Å². The molecule has 0 bridgehead atoms.